The molecule has 1 aromatic rings. The molecule has 0 amide bonds. The van der Waals surface area contributed by atoms with Crippen LogP contribution in [0.25, 0.3) is 0 Å². The number of benzene rings is 1. The summed E-state index contributed by atoms with van der Waals surface area (Å²) in [7, 11) is 0. The van der Waals surface area contributed by atoms with Crippen LogP contribution in [0.4, 0.5) is 10.1 Å². The molecular formula is C15H21ClFNO. The third-order valence-corrected chi connectivity index (χ3v) is 4.60. The Kier molecular flexibility index (Phi) is 4.36. The van der Waals surface area contributed by atoms with Crippen molar-refractivity contribution < 1.29 is 9.13 Å². The summed E-state index contributed by atoms with van der Waals surface area (Å²) < 4.78 is 19.5. The van der Waals surface area contributed by atoms with E-state index >= 15 is 0 Å². The van der Waals surface area contributed by atoms with Gasteiger partial charge in [-0.05, 0) is 38.0 Å². The molecule has 3 unspecified atom stereocenters. The molecule has 1 aliphatic carbocycles. The number of anilines is 1. The third-order valence-electron chi connectivity index (χ3n) is 4.37. The molecule has 0 radical (unpaired) electrons. The van der Waals surface area contributed by atoms with Gasteiger partial charge in [0.2, 0.25) is 0 Å². The SMILES string of the molecule is CCOC1CC(Nc2cc(Cl)ccc2F)C1(C)CC. The van der Waals surface area contributed by atoms with Crippen molar-refractivity contribution in [1.29, 1.82) is 0 Å². The molecule has 1 N–H and O–H groups in total. The molecule has 0 aliphatic heterocycles. The molecule has 0 aromatic heterocycles. The second kappa shape index (κ2) is 5.68. The van der Waals surface area contributed by atoms with Gasteiger partial charge in [0.1, 0.15) is 5.82 Å². The summed E-state index contributed by atoms with van der Waals surface area (Å²) in [4.78, 5) is 0. The van der Waals surface area contributed by atoms with E-state index in [9.17, 15) is 4.39 Å². The fraction of sp³-hybridized carbons (Fsp3) is 0.600. The summed E-state index contributed by atoms with van der Waals surface area (Å²) in [6, 6.07) is 4.82. The van der Waals surface area contributed by atoms with Gasteiger partial charge in [0.15, 0.2) is 0 Å². The van der Waals surface area contributed by atoms with E-state index < -0.39 is 0 Å². The van der Waals surface area contributed by atoms with Crippen LogP contribution in [-0.2, 0) is 4.74 Å². The molecule has 106 valence electrons. The van der Waals surface area contributed by atoms with Gasteiger partial charge in [-0.25, -0.2) is 4.39 Å². The van der Waals surface area contributed by atoms with Crippen molar-refractivity contribution in [3.8, 4) is 0 Å². The number of ether oxygens (including phenoxy) is 1. The zero-order chi connectivity index (χ0) is 14.0. The van der Waals surface area contributed by atoms with Crippen molar-refractivity contribution in [2.75, 3.05) is 11.9 Å². The van der Waals surface area contributed by atoms with E-state index in [1.54, 1.807) is 12.1 Å². The van der Waals surface area contributed by atoms with E-state index in [0.717, 1.165) is 19.4 Å². The van der Waals surface area contributed by atoms with Crippen LogP contribution >= 0.6 is 11.6 Å². The van der Waals surface area contributed by atoms with E-state index in [4.69, 9.17) is 16.3 Å². The highest BCUT2D eigenvalue weighted by molar-refractivity contribution is 6.30. The molecule has 2 nitrogen and oxygen atoms in total. The van der Waals surface area contributed by atoms with Gasteiger partial charge in [0, 0.05) is 23.1 Å². The van der Waals surface area contributed by atoms with Crippen molar-refractivity contribution in [3.05, 3.63) is 29.0 Å². The first-order valence-corrected chi connectivity index (χ1v) is 7.22. The average molecular weight is 286 g/mol. The summed E-state index contributed by atoms with van der Waals surface area (Å²) in [5.41, 5.74) is 0.525. The highest BCUT2D eigenvalue weighted by Gasteiger charge is 2.51. The minimum Gasteiger partial charge on any atom is -0.379 e. The zero-order valence-corrected chi connectivity index (χ0v) is 12.4. The van der Waals surface area contributed by atoms with Gasteiger partial charge in [-0.1, -0.05) is 25.4 Å². The van der Waals surface area contributed by atoms with Crippen molar-refractivity contribution in [2.24, 2.45) is 5.41 Å². The predicted molar refractivity (Wildman–Crippen MR) is 77.2 cm³/mol. The molecule has 4 heteroatoms. The number of rotatable bonds is 5. The first-order chi connectivity index (χ1) is 9.01. The van der Waals surface area contributed by atoms with Crippen molar-refractivity contribution in [3.63, 3.8) is 0 Å². The Morgan fingerprint density at radius 1 is 1.47 bits per heavy atom. The zero-order valence-electron chi connectivity index (χ0n) is 11.7. The fourth-order valence-electron chi connectivity index (χ4n) is 2.77. The van der Waals surface area contributed by atoms with Crippen LogP contribution in [-0.4, -0.2) is 18.8 Å². The maximum absolute atomic E-state index is 13.7. The van der Waals surface area contributed by atoms with E-state index in [2.05, 4.69) is 19.2 Å². The van der Waals surface area contributed by atoms with Gasteiger partial charge >= 0.3 is 0 Å². The Labute approximate surface area is 119 Å². The number of hydrogen-bond donors (Lipinski definition) is 1. The molecule has 1 saturated carbocycles. The van der Waals surface area contributed by atoms with Crippen molar-refractivity contribution in [1.82, 2.24) is 0 Å². The van der Waals surface area contributed by atoms with Crippen LogP contribution in [0.15, 0.2) is 18.2 Å². The third kappa shape index (κ3) is 2.72. The summed E-state index contributed by atoms with van der Waals surface area (Å²) in [6.45, 7) is 7.07. The molecule has 0 saturated heterocycles. The smallest absolute Gasteiger partial charge is 0.146 e. The summed E-state index contributed by atoms with van der Waals surface area (Å²) in [5, 5.41) is 3.82. The van der Waals surface area contributed by atoms with Crippen LogP contribution in [0, 0.1) is 11.2 Å². The van der Waals surface area contributed by atoms with Crippen molar-refractivity contribution in [2.45, 2.75) is 45.8 Å². The molecule has 2 rings (SSSR count). The molecule has 1 fully saturated rings. The lowest BCUT2D eigenvalue weighted by Crippen LogP contribution is -2.59. The van der Waals surface area contributed by atoms with Gasteiger partial charge in [0.25, 0.3) is 0 Å². The quantitative estimate of drug-likeness (QED) is 0.861. The van der Waals surface area contributed by atoms with Crippen LogP contribution in [0.3, 0.4) is 0 Å². The second-order valence-corrected chi connectivity index (χ2v) is 5.80. The highest BCUT2D eigenvalue weighted by atomic mass is 35.5. The van der Waals surface area contributed by atoms with E-state index in [1.165, 1.54) is 6.07 Å². The molecule has 0 spiro atoms. The van der Waals surface area contributed by atoms with E-state index in [0.29, 0.717) is 10.7 Å². The number of hydrogen-bond acceptors (Lipinski definition) is 2. The molecule has 0 heterocycles. The Balaban J connectivity index is 2.10. The first-order valence-electron chi connectivity index (χ1n) is 6.84. The fourth-order valence-corrected chi connectivity index (χ4v) is 2.94. The minimum absolute atomic E-state index is 0.0464. The maximum atomic E-state index is 13.7. The van der Waals surface area contributed by atoms with Gasteiger partial charge in [-0.2, -0.15) is 0 Å². The topological polar surface area (TPSA) is 21.3 Å². The van der Waals surface area contributed by atoms with Crippen LogP contribution < -0.4 is 5.32 Å². The van der Waals surface area contributed by atoms with Gasteiger partial charge in [-0.3, -0.25) is 0 Å². The predicted octanol–water partition coefficient (Wildman–Crippen LogP) is 4.48. The van der Waals surface area contributed by atoms with E-state index in [1.807, 2.05) is 6.92 Å². The molecule has 0 bridgehead atoms. The highest BCUT2D eigenvalue weighted by Crippen LogP contribution is 2.47. The van der Waals surface area contributed by atoms with E-state index in [-0.39, 0.29) is 23.4 Å². The molecular weight excluding hydrogens is 265 g/mol. The summed E-state index contributed by atoms with van der Waals surface area (Å²) in [5.74, 6) is -0.261. The van der Waals surface area contributed by atoms with Crippen LogP contribution in [0.1, 0.15) is 33.6 Å². The Bertz CT molecular complexity index is 454. The lowest BCUT2D eigenvalue weighted by atomic mass is 9.61. The summed E-state index contributed by atoms with van der Waals surface area (Å²) in [6.07, 6.45) is 2.16. The van der Waals surface area contributed by atoms with Crippen molar-refractivity contribution >= 4 is 17.3 Å². The monoisotopic (exact) mass is 285 g/mol. The standard InChI is InChI=1S/C15H21ClFNO/c1-4-15(3)13(9-14(15)19-5-2)18-12-8-10(16)6-7-11(12)17/h6-8,13-14,18H,4-5,9H2,1-3H3. The number of nitrogens with one attached hydrogen (secondary N) is 1. The number of halogens is 2. The van der Waals surface area contributed by atoms with Crippen LogP contribution in [0.2, 0.25) is 5.02 Å². The second-order valence-electron chi connectivity index (χ2n) is 5.36. The van der Waals surface area contributed by atoms with Gasteiger partial charge < -0.3 is 10.1 Å². The minimum atomic E-state index is -0.261. The Hall–Kier alpha value is -0.800. The van der Waals surface area contributed by atoms with Gasteiger partial charge in [-0.15, -0.1) is 0 Å². The lowest BCUT2D eigenvalue weighted by molar-refractivity contribution is -0.109. The van der Waals surface area contributed by atoms with Gasteiger partial charge in [0.05, 0.1) is 11.8 Å². The summed E-state index contributed by atoms with van der Waals surface area (Å²) >= 11 is 5.91. The lowest BCUT2D eigenvalue weighted by Gasteiger charge is -2.53. The largest absolute Gasteiger partial charge is 0.379 e. The first kappa shape index (κ1) is 14.6. The molecule has 19 heavy (non-hydrogen) atoms. The molecule has 1 aliphatic rings. The Morgan fingerprint density at radius 3 is 2.84 bits per heavy atom. The average Bonchev–Trinajstić information content (AvgIpc) is 2.40. The maximum Gasteiger partial charge on any atom is 0.146 e. The van der Waals surface area contributed by atoms with Crippen LogP contribution in [0.5, 0.6) is 0 Å². The molecule has 1 aromatic carbocycles. The molecule has 3 atom stereocenters. The normalized spacial score (nSPS) is 29.9. The Morgan fingerprint density at radius 2 is 2.21 bits per heavy atom.